The predicted octanol–water partition coefficient (Wildman–Crippen LogP) is 3.52. The Bertz CT molecular complexity index is 849. The van der Waals surface area contributed by atoms with E-state index in [9.17, 15) is 9.59 Å². The molecule has 5 nitrogen and oxygen atoms in total. The Kier molecular flexibility index (Phi) is 4.35. The van der Waals surface area contributed by atoms with E-state index in [0.29, 0.717) is 5.56 Å². The molecule has 7 heteroatoms. The van der Waals surface area contributed by atoms with Gasteiger partial charge in [0.2, 0.25) is 0 Å². The number of carbonyl (C=O) groups is 2. The van der Waals surface area contributed by atoms with Gasteiger partial charge < -0.3 is 9.30 Å². The molecule has 1 aromatic heterocycles. The summed E-state index contributed by atoms with van der Waals surface area (Å²) in [5, 5.41) is 0.887. The van der Waals surface area contributed by atoms with Crippen LogP contribution in [0, 0.1) is 0 Å². The van der Waals surface area contributed by atoms with E-state index >= 15 is 0 Å². The Morgan fingerprint density at radius 3 is 2.83 bits per heavy atom. The normalized spacial score (nSPS) is 14.2. The van der Waals surface area contributed by atoms with Crippen LogP contribution in [0.3, 0.4) is 0 Å². The number of esters is 1. The van der Waals surface area contributed by atoms with Gasteiger partial charge in [-0.05, 0) is 73.9 Å². The van der Waals surface area contributed by atoms with Crippen molar-refractivity contribution < 1.29 is 14.3 Å². The first-order valence-electron chi connectivity index (χ1n) is 7.06. The van der Waals surface area contributed by atoms with Crippen molar-refractivity contribution in [1.29, 1.82) is 0 Å². The van der Waals surface area contributed by atoms with E-state index in [0.717, 1.165) is 21.1 Å². The third-order valence-corrected chi connectivity index (χ3v) is 5.91. The summed E-state index contributed by atoms with van der Waals surface area (Å²) in [7, 11) is 0. The van der Waals surface area contributed by atoms with Crippen molar-refractivity contribution in [2.45, 2.75) is 32.9 Å². The summed E-state index contributed by atoms with van der Waals surface area (Å²) in [5.41, 5.74) is 1.95. The number of hydrogen-bond donors (Lipinski definition) is 1. The first kappa shape index (κ1) is 16.6. The smallest absolute Gasteiger partial charge is 0.326 e. The zero-order valence-corrected chi connectivity index (χ0v) is 16.7. The molecule has 0 aliphatic carbocycles. The summed E-state index contributed by atoms with van der Waals surface area (Å²) in [6, 6.07) is 5.57. The Labute approximate surface area is 152 Å². The molecular formula is C16H16BrIN2O3. The molecule has 1 aliphatic rings. The topological polar surface area (TPSA) is 60.3 Å². The monoisotopic (exact) mass is 490 g/mol. The van der Waals surface area contributed by atoms with Crippen LogP contribution in [0.2, 0.25) is 0 Å². The number of nitrogens with one attached hydrogen (secondary N) is 1. The van der Waals surface area contributed by atoms with Crippen LogP contribution < -0.4 is 3.53 Å². The Morgan fingerprint density at radius 2 is 2.13 bits per heavy atom. The molecule has 0 radical (unpaired) electrons. The van der Waals surface area contributed by atoms with Crippen LogP contribution in [0.5, 0.6) is 0 Å². The minimum absolute atomic E-state index is 0.0553. The van der Waals surface area contributed by atoms with E-state index in [1.165, 1.54) is 0 Å². The minimum atomic E-state index is -0.560. The van der Waals surface area contributed by atoms with Gasteiger partial charge >= 0.3 is 5.97 Å². The molecule has 0 spiro atoms. The molecule has 23 heavy (non-hydrogen) atoms. The number of rotatable bonds is 2. The molecule has 2 heterocycles. The van der Waals surface area contributed by atoms with Gasteiger partial charge in [0.05, 0.1) is 15.7 Å². The number of aromatic nitrogens is 1. The highest BCUT2D eigenvalue weighted by Gasteiger charge is 2.24. The second-order valence-corrected chi connectivity index (χ2v) is 8.75. The highest BCUT2D eigenvalue weighted by Crippen LogP contribution is 2.34. The predicted molar refractivity (Wildman–Crippen MR) is 102 cm³/mol. The maximum atomic E-state index is 12.2. The van der Waals surface area contributed by atoms with Crippen molar-refractivity contribution in [3.8, 4) is 0 Å². The number of hydrogen-bond acceptors (Lipinski definition) is 3. The molecule has 0 fully saturated rings. The van der Waals surface area contributed by atoms with Gasteiger partial charge in [0.25, 0.3) is 5.91 Å². The van der Waals surface area contributed by atoms with Gasteiger partial charge in [-0.1, -0.05) is 6.07 Å². The molecule has 0 saturated heterocycles. The quantitative estimate of drug-likeness (QED) is 0.398. The van der Waals surface area contributed by atoms with Gasteiger partial charge in [0.15, 0.2) is 0 Å². The van der Waals surface area contributed by atoms with Crippen LogP contribution in [-0.4, -0.2) is 26.1 Å². The van der Waals surface area contributed by atoms with E-state index in [4.69, 9.17) is 4.74 Å². The lowest BCUT2D eigenvalue weighted by Gasteiger charge is -2.20. The van der Waals surface area contributed by atoms with E-state index in [1.807, 2.05) is 43.5 Å². The fourth-order valence-corrected chi connectivity index (χ4v) is 5.23. The maximum Gasteiger partial charge on any atom is 0.326 e. The summed E-state index contributed by atoms with van der Waals surface area (Å²) < 4.78 is 13.1. The van der Waals surface area contributed by atoms with Gasteiger partial charge in [-0.3, -0.25) is 13.1 Å². The summed E-state index contributed by atoms with van der Waals surface area (Å²) in [5.74, 6) is -0.358. The van der Waals surface area contributed by atoms with Crippen LogP contribution in [0.25, 0.3) is 10.9 Å². The SMILES string of the molecule is CC(C)(C)OC(=O)Cn1c(Br)c2c3c(cccc31)C(=O)NI=C2. The molecule has 2 aromatic rings. The zero-order chi connectivity index (χ0) is 16.8. The third-order valence-electron chi connectivity index (χ3n) is 3.32. The first-order chi connectivity index (χ1) is 10.8. The second kappa shape index (κ2) is 6.01. The molecule has 122 valence electrons. The lowest BCUT2D eigenvalue weighted by atomic mass is 10.1. The molecule has 3 rings (SSSR count). The van der Waals surface area contributed by atoms with Gasteiger partial charge in [-0.15, -0.1) is 0 Å². The van der Waals surface area contributed by atoms with E-state index < -0.39 is 26.6 Å². The number of halogens is 2. The zero-order valence-electron chi connectivity index (χ0n) is 12.9. The van der Waals surface area contributed by atoms with Crippen molar-refractivity contribution in [2.75, 3.05) is 0 Å². The van der Waals surface area contributed by atoms with Crippen LogP contribution >= 0.6 is 36.9 Å². The summed E-state index contributed by atoms with van der Waals surface area (Å²) >= 11 is 3.03. The molecule has 0 bridgehead atoms. The van der Waals surface area contributed by atoms with Crippen molar-refractivity contribution in [2.24, 2.45) is 0 Å². The fourth-order valence-electron chi connectivity index (χ4n) is 2.53. The average Bonchev–Trinajstić information content (AvgIpc) is 2.61. The Hall–Kier alpha value is -1.22. The number of nitrogens with zero attached hydrogens (tertiary/aromatic N) is 1. The number of amides is 1. The van der Waals surface area contributed by atoms with Crippen molar-refractivity contribution in [3.63, 3.8) is 0 Å². The van der Waals surface area contributed by atoms with E-state index in [1.54, 1.807) is 0 Å². The van der Waals surface area contributed by atoms with E-state index in [-0.39, 0.29) is 18.4 Å². The molecule has 1 aromatic carbocycles. The van der Waals surface area contributed by atoms with Crippen molar-refractivity contribution in [1.82, 2.24) is 8.10 Å². The number of carbonyl (C=O) groups excluding carboxylic acids is 2. The average molecular weight is 491 g/mol. The Balaban J connectivity index is 2.12. The highest BCUT2D eigenvalue weighted by molar-refractivity contribution is 14.2. The summed E-state index contributed by atoms with van der Waals surface area (Å²) in [4.78, 5) is 24.4. The molecule has 1 amide bonds. The second-order valence-electron chi connectivity index (χ2n) is 6.22. The molecule has 0 atom stereocenters. The third kappa shape index (κ3) is 3.21. The molecule has 1 N–H and O–H groups in total. The lowest BCUT2D eigenvalue weighted by molar-refractivity contribution is -0.155. The minimum Gasteiger partial charge on any atom is -0.459 e. The van der Waals surface area contributed by atoms with E-state index in [2.05, 4.69) is 23.5 Å². The molecule has 0 saturated carbocycles. The van der Waals surface area contributed by atoms with Gasteiger partial charge in [0.1, 0.15) is 12.1 Å². The van der Waals surface area contributed by atoms with Crippen LogP contribution in [0.15, 0.2) is 22.8 Å². The van der Waals surface area contributed by atoms with Gasteiger partial charge in [-0.25, -0.2) is 0 Å². The van der Waals surface area contributed by atoms with Crippen LogP contribution in [-0.2, 0) is 16.1 Å². The van der Waals surface area contributed by atoms with Crippen molar-refractivity contribution >= 4 is 63.7 Å². The highest BCUT2D eigenvalue weighted by atomic mass is 127. The lowest BCUT2D eigenvalue weighted by Crippen LogP contribution is -2.26. The van der Waals surface area contributed by atoms with Crippen molar-refractivity contribution in [3.05, 3.63) is 33.9 Å². The van der Waals surface area contributed by atoms with Gasteiger partial charge in [-0.2, -0.15) is 0 Å². The summed E-state index contributed by atoms with van der Waals surface area (Å²) in [6.45, 7) is 5.64. The molecule has 0 unspecified atom stereocenters. The molecule has 1 aliphatic heterocycles. The van der Waals surface area contributed by atoms with Gasteiger partial charge in [0, 0.05) is 10.9 Å². The number of benzene rings is 1. The first-order valence-corrected chi connectivity index (χ1v) is 10.2. The maximum absolute atomic E-state index is 12.2. The van der Waals surface area contributed by atoms with Crippen LogP contribution in [0.1, 0.15) is 36.7 Å². The fraction of sp³-hybridized carbons (Fsp3) is 0.312. The Morgan fingerprint density at radius 1 is 1.39 bits per heavy atom. The molecular weight excluding hydrogens is 475 g/mol. The van der Waals surface area contributed by atoms with Crippen LogP contribution in [0.4, 0.5) is 0 Å². The number of ether oxygens (including phenoxy) is 1. The summed E-state index contributed by atoms with van der Waals surface area (Å²) in [6.07, 6.45) is 0. The standard InChI is InChI=1S/C16H16BrIN2O3/c1-16(2,3)23-12(21)8-20-11-6-4-5-9-13(11)10(14(20)17)7-18-19-15(9)22/h4-7H,8H2,1-3H3,(H,19,22). The largest absolute Gasteiger partial charge is 0.459 e.